The lowest BCUT2D eigenvalue weighted by atomic mass is 9.49. The zero-order chi connectivity index (χ0) is 20.6. The van der Waals surface area contributed by atoms with Crippen LogP contribution in [0.15, 0.2) is 24.3 Å². The topological polar surface area (TPSA) is 72.5 Å². The van der Waals surface area contributed by atoms with E-state index < -0.39 is 12.1 Å². The van der Waals surface area contributed by atoms with Gasteiger partial charge in [0.05, 0.1) is 0 Å². The molecule has 4 aliphatic rings. The number of rotatable bonds is 7. The zero-order valence-corrected chi connectivity index (χ0v) is 17.4. The standard InChI is InChI=1S/C24H31NO4/c1-15-3-5-20(6-4-15)23(28)16(2)29-22(27)14-25-21(26)13-24-10-17-7-18(11-24)9-19(8-17)12-24/h3-6,16-19H,7-14H2,1-2H3,(H,25,26)/t16-,17?,18?,19?,24?/m0/s1. The summed E-state index contributed by atoms with van der Waals surface area (Å²) >= 11 is 0. The first-order chi connectivity index (χ1) is 13.8. The molecule has 0 aromatic heterocycles. The Kier molecular flexibility index (Phi) is 5.50. The van der Waals surface area contributed by atoms with E-state index in [0.29, 0.717) is 12.0 Å². The van der Waals surface area contributed by atoms with Crippen molar-refractivity contribution in [2.45, 2.75) is 64.9 Å². The number of carbonyl (C=O) groups excluding carboxylic acids is 3. The minimum Gasteiger partial charge on any atom is -0.453 e. The summed E-state index contributed by atoms with van der Waals surface area (Å²) in [6.45, 7) is 3.33. The SMILES string of the molecule is Cc1ccc(C(=O)[C@H](C)OC(=O)CNC(=O)CC23CC4CC(CC(C4)C2)C3)cc1. The second-order valence-electron chi connectivity index (χ2n) is 9.73. The number of hydrogen-bond donors (Lipinski definition) is 1. The molecule has 0 heterocycles. The summed E-state index contributed by atoms with van der Waals surface area (Å²) in [7, 11) is 0. The Hall–Kier alpha value is -2.17. The third-order valence-corrected chi connectivity index (χ3v) is 7.14. The molecule has 0 spiro atoms. The quantitative estimate of drug-likeness (QED) is 0.561. The first-order valence-corrected chi connectivity index (χ1v) is 10.9. The summed E-state index contributed by atoms with van der Waals surface area (Å²) in [5.41, 5.74) is 1.73. The molecule has 5 nitrogen and oxygen atoms in total. The number of ether oxygens (including phenoxy) is 1. The average molecular weight is 398 g/mol. The maximum absolute atomic E-state index is 12.5. The fourth-order valence-electron chi connectivity index (χ4n) is 6.33. The van der Waals surface area contributed by atoms with E-state index in [0.717, 1.165) is 23.3 Å². The number of carbonyl (C=O) groups is 3. The van der Waals surface area contributed by atoms with Gasteiger partial charge in [-0.2, -0.15) is 0 Å². The molecular weight excluding hydrogens is 366 g/mol. The van der Waals surface area contributed by atoms with Crippen molar-refractivity contribution in [3.63, 3.8) is 0 Å². The molecule has 1 amide bonds. The molecule has 4 aliphatic carbocycles. The van der Waals surface area contributed by atoms with Gasteiger partial charge >= 0.3 is 5.97 Å². The van der Waals surface area contributed by atoms with E-state index in [-0.39, 0.29) is 23.7 Å². The van der Waals surface area contributed by atoms with Crippen molar-refractivity contribution in [1.29, 1.82) is 0 Å². The Morgan fingerprint density at radius 2 is 1.59 bits per heavy atom. The zero-order valence-electron chi connectivity index (χ0n) is 17.4. The lowest BCUT2D eigenvalue weighted by molar-refractivity contribution is -0.147. The monoisotopic (exact) mass is 397 g/mol. The Morgan fingerprint density at radius 3 is 2.14 bits per heavy atom. The normalized spacial score (nSPS) is 30.6. The second-order valence-corrected chi connectivity index (χ2v) is 9.73. The van der Waals surface area contributed by atoms with E-state index in [4.69, 9.17) is 4.74 Å². The average Bonchev–Trinajstić information content (AvgIpc) is 2.65. The van der Waals surface area contributed by atoms with Crippen molar-refractivity contribution in [1.82, 2.24) is 5.32 Å². The molecule has 0 aliphatic heterocycles. The Balaban J connectivity index is 1.23. The molecule has 156 valence electrons. The van der Waals surface area contributed by atoms with Crippen LogP contribution < -0.4 is 5.32 Å². The molecular formula is C24H31NO4. The molecule has 5 rings (SSSR count). The van der Waals surface area contributed by atoms with Gasteiger partial charge < -0.3 is 10.1 Å². The fourth-order valence-corrected chi connectivity index (χ4v) is 6.33. The smallest absolute Gasteiger partial charge is 0.326 e. The first-order valence-electron chi connectivity index (χ1n) is 10.9. The van der Waals surface area contributed by atoms with Gasteiger partial charge in [-0.15, -0.1) is 0 Å². The van der Waals surface area contributed by atoms with Gasteiger partial charge in [-0.1, -0.05) is 29.8 Å². The largest absolute Gasteiger partial charge is 0.453 e. The van der Waals surface area contributed by atoms with Crippen molar-refractivity contribution < 1.29 is 19.1 Å². The number of benzene rings is 1. The van der Waals surface area contributed by atoms with Crippen LogP contribution in [0, 0.1) is 30.1 Å². The van der Waals surface area contributed by atoms with E-state index in [1.807, 2.05) is 19.1 Å². The van der Waals surface area contributed by atoms with E-state index in [2.05, 4.69) is 5.32 Å². The predicted molar refractivity (Wildman–Crippen MR) is 109 cm³/mol. The van der Waals surface area contributed by atoms with Crippen LogP contribution in [0.25, 0.3) is 0 Å². The van der Waals surface area contributed by atoms with Gasteiger partial charge in [0, 0.05) is 12.0 Å². The van der Waals surface area contributed by atoms with Crippen LogP contribution in [0.1, 0.15) is 67.8 Å². The van der Waals surface area contributed by atoms with Crippen molar-refractivity contribution in [3.8, 4) is 0 Å². The van der Waals surface area contributed by atoms with E-state index in [9.17, 15) is 14.4 Å². The first kappa shape index (κ1) is 20.1. The van der Waals surface area contributed by atoms with E-state index in [1.54, 1.807) is 19.1 Å². The minimum absolute atomic E-state index is 0.0681. The molecule has 4 saturated carbocycles. The Morgan fingerprint density at radius 1 is 1.03 bits per heavy atom. The molecule has 0 radical (unpaired) electrons. The third-order valence-electron chi connectivity index (χ3n) is 7.14. The number of ketones is 1. The van der Waals surface area contributed by atoms with Crippen LogP contribution >= 0.6 is 0 Å². The molecule has 29 heavy (non-hydrogen) atoms. The highest BCUT2D eigenvalue weighted by Crippen LogP contribution is 2.61. The predicted octanol–water partition coefficient (Wildman–Crippen LogP) is 3.83. The number of nitrogens with one attached hydrogen (secondary N) is 1. The van der Waals surface area contributed by atoms with Crippen LogP contribution in [-0.2, 0) is 14.3 Å². The number of Topliss-reactive ketones (excluding diaryl/α,β-unsaturated/α-hetero) is 1. The highest BCUT2D eigenvalue weighted by Gasteiger charge is 2.51. The lowest BCUT2D eigenvalue weighted by Gasteiger charge is -2.56. The lowest BCUT2D eigenvalue weighted by Crippen LogP contribution is -2.48. The molecule has 4 bridgehead atoms. The molecule has 0 unspecified atom stereocenters. The van der Waals surface area contributed by atoms with Crippen LogP contribution in [0.5, 0.6) is 0 Å². The fraction of sp³-hybridized carbons (Fsp3) is 0.625. The van der Waals surface area contributed by atoms with Crippen molar-refractivity contribution in [2.24, 2.45) is 23.2 Å². The summed E-state index contributed by atoms with van der Waals surface area (Å²) in [6, 6.07) is 7.17. The molecule has 1 atom stereocenters. The van der Waals surface area contributed by atoms with Gasteiger partial charge in [-0.25, -0.2) is 0 Å². The summed E-state index contributed by atoms with van der Waals surface area (Å²) in [6.07, 6.45) is 7.18. The molecule has 1 aromatic rings. The maximum Gasteiger partial charge on any atom is 0.326 e. The molecule has 4 fully saturated rings. The molecule has 1 N–H and O–H groups in total. The van der Waals surface area contributed by atoms with Crippen molar-refractivity contribution in [2.75, 3.05) is 6.54 Å². The maximum atomic E-state index is 12.5. The summed E-state index contributed by atoms with van der Waals surface area (Å²) in [4.78, 5) is 37.0. The van der Waals surface area contributed by atoms with Crippen LogP contribution in [0.3, 0.4) is 0 Å². The number of hydrogen-bond acceptors (Lipinski definition) is 4. The highest BCUT2D eigenvalue weighted by atomic mass is 16.5. The number of esters is 1. The van der Waals surface area contributed by atoms with Gasteiger partial charge in [0.1, 0.15) is 6.54 Å². The Labute approximate surface area is 172 Å². The molecule has 1 aromatic carbocycles. The second kappa shape index (κ2) is 7.92. The van der Waals surface area contributed by atoms with Gasteiger partial charge in [0.15, 0.2) is 6.10 Å². The van der Waals surface area contributed by atoms with Gasteiger partial charge in [-0.05, 0) is 75.5 Å². The van der Waals surface area contributed by atoms with Crippen molar-refractivity contribution >= 4 is 17.7 Å². The highest BCUT2D eigenvalue weighted by molar-refractivity contribution is 6.00. The summed E-state index contributed by atoms with van der Waals surface area (Å²) < 4.78 is 5.24. The molecule has 5 heteroatoms. The van der Waals surface area contributed by atoms with Gasteiger partial charge in [-0.3, -0.25) is 14.4 Å². The minimum atomic E-state index is -0.870. The van der Waals surface area contributed by atoms with E-state index >= 15 is 0 Å². The van der Waals surface area contributed by atoms with Crippen molar-refractivity contribution in [3.05, 3.63) is 35.4 Å². The summed E-state index contributed by atoms with van der Waals surface area (Å²) in [5, 5.41) is 2.72. The van der Waals surface area contributed by atoms with Crippen LogP contribution in [-0.4, -0.2) is 30.3 Å². The van der Waals surface area contributed by atoms with Crippen LogP contribution in [0.4, 0.5) is 0 Å². The van der Waals surface area contributed by atoms with Crippen LogP contribution in [0.2, 0.25) is 0 Å². The number of aryl methyl sites for hydroxylation is 1. The Bertz CT molecular complexity index is 762. The van der Waals surface area contributed by atoms with E-state index in [1.165, 1.54) is 38.5 Å². The third kappa shape index (κ3) is 4.54. The van der Waals surface area contributed by atoms with Gasteiger partial charge in [0.25, 0.3) is 0 Å². The van der Waals surface area contributed by atoms with Gasteiger partial charge in [0.2, 0.25) is 11.7 Å². The molecule has 0 saturated heterocycles. The summed E-state index contributed by atoms with van der Waals surface area (Å²) in [5.74, 6) is 1.52. The number of amides is 1.